The van der Waals surface area contributed by atoms with E-state index in [0.717, 1.165) is 5.56 Å². The lowest BCUT2D eigenvalue weighted by atomic mass is 10.2. The zero-order valence-corrected chi connectivity index (χ0v) is 10.6. The van der Waals surface area contributed by atoms with Gasteiger partial charge in [-0.25, -0.2) is 4.98 Å². The Morgan fingerprint density at radius 3 is 2.75 bits per heavy atom. The van der Waals surface area contributed by atoms with E-state index >= 15 is 0 Å². The highest BCUT2D eigenvalue weighted by Gasteiger charge is 2.05. The number of ether oxygens (including phenoxy) is 1. The first-order valence-corrected chi connectivity index (χ1v) is 5.77. The Morgan fingerprint density at radius 2 is 2.00 bits per heavy atom. The molecule has 5 heteroatoms. The largest absolute Gasteiger partial charge is 0.471 e. The predicted octanol–water partition coefficient (Wildman–Crippen LogP) is 3.47. The molecule has 82 valence electrons. The first-order chi connectivity index (χ1) is 7.75. The highest BCUT2D eigenvalue weighted by molar-refractivity contribution is 9.10. The first-order valence-electron chi connectivity index (χ1n) is 4.60. The van der Waals surface area contributed by atoms with Crippen molar-refractivity contribution in [2.45, 2.75) is 6.61 Å². The number of rotatable bonds is 3. The zero-order chi connectivity index (χ0) is 11.4. The Morgan fingerprint density at radius 1 is 1.25 bits per heavy atom. The van der Waals surface area contributed by atoms with E-state index in [4.69, 9.17) is 16.3 Å². The summed E-state index contributed by atoms with van der Waals surface area (Å²) < 4.78 is 6.05. The SMILES string of the molecule is Clc1cnc(Br)c(OCc2ccccc2)n1. The van der Waals surface area contributed by atoms with Crippen LogP contribution in [0.25, 0.3) is 0 Å². The van der Waals surface area contributed by atoms with Crippen molar-refractivity contribution in [3.05, 3.63) is 51.8 Å². The number of halogens is 2. The number of aromatic nitrogens is 2. The maximum absolute atomic E-state index is 5.72. The maximum atomic E-state index is 5.72. The van der Waals surface area contributed by atoms with Gasteiger partial charge in [0.1, 0.15) is 6.61 Å². The zero-order valence-electron chi connectivity index (χ0n) is 8.23. The molecule has 0 radical (unpaired) electrons. The summed E-state index contributed by atoms with van der Waals surface area (Å²) in [6.45, 7) is 0.439. The van der Waals surface area contributed by atoms with Crippen LogP contribution in [0.15, 0.2) is 41.1 Å². The van der Waals surface area contributed by atoms with Crippen molar-refractivity contribution in [2.24, 2.45) is 0 Å². The van der Waals surface area contributed by atoms with Crippen LogP contribution in [-0.4, -0.2) is 9.97 Å². The van der Waals surface area contributed by atoms with E-state index in [1.165, 1.54) is 6.20 Å². The number of nitrogens with zero attached hydrogens (tertiary/aromatic N) is 2. The molecule has 3 nitrogen and oxygen atoms in total. The highest BCUT2D eigenvalue weighted by atomic mass is 79.9. The number of hydrogen-bond donors (Lipinski definition) is 0. The van der Waals surface area contributed by atoms with Crippen LogP contribution in [0.1, 0.15) is 5.56 Å². The fourth-order valence-electron chi connectivity index (χ4n) is 1.15. The molecule has 0 N–H and O–H groups in total. The van der Waals surface area contributed by atoms with Gasteiger partial charge in [0.25, 0.3) is 0 Å². The molecule has 2 rings (SSSR count). The van der Waals surface area contributed by atoms with Gasteiger partial charge in [0.2, 0.25) is 5.88 Å². The average Bonchev–Trinajstić information content (AvgIpc) is 2.32. The fraction of sp³-hybridized carbons (Fsp3) is 0.0909. The third-order valence-electron chi connectivity index (χ3n) is 1.89. The van der Waals surface area contributed by atoms with Crippen molar-refractivity contribution in [2.75, 3.05) is 0 Å². The van der Waals surface area contributed by atoms with Crippen molar-refractivity contribution in [1.82, 2.24) is 9.97 Å². The highest BCUT2D eigenvalue weighted by Crippen LogP contribution is 2.22. The minimum absolute atomic E-state index is 0.311. The van der Waals surface area contributed by atoms with Crippen molar-refractivity contribution < 1.29 is 4.74 Å². The molecule has 1 aromatic heterocycles. The Labute approximate surface area is 107 Å². The van der Waals surface area contributed by atoms with Crippen LogP contribution < -0.4 is 4.74 Å². The summed E-state index contributed by atoms with van der Waals surface area (Å²) in [5.41, 5.74) is 1.07. The van der Waals surface area contributed by atoms with E-state index < -0.39 is 0 Å². The van der Waals surface area contributed by atoms with E-state index in [1.54, 1.807) is 0 Å². The molecule has 0 spiro atoms. The van der Waals surface area contributed by atoms with E-state index in [9.17, 15) is 0 Å². The molecule has 0 amide bonds. The Hall–Kier alpha value is -1.13. The summed E-state index contributed by atoms with van der Waals surface area (Å²) in [6.07, 6.45) is 1.46. The molecule has 0 aliphatic rings. The minimum atomic E-state index is 0.311. The molecule has 0 unspecified atom stereocenters. The molecule has 1 aromatic carbocycles. The quantitative estimate of drug-likeness (QED) is 0.870. The van der Waals surface area contributed by atoms with Gasteiger partial charge in [-0.15, -0.1) is 0 Å². The summed E-state index contributed by atoms with van der Waals surface area (Å²) in [6, 6.07) is 9.82. The molecule has 0 atom stereocenters. The van der Waals surface area contributed by atoms with Gasteiger partial charge in [-0.2, -0.15) is 4.98 Å². The average molecular weight is 300 g/mol. The molecule has 0 saturated carbocycles. The molecule has 16 heavy (non-hydrogen) atoms. The van der Waals surface area contributed by atoms with Crippen LogP contribution in [0.5, 0.6) is 5.88 Å². The smallest absolute Gasteiger partial charge is 0.249 e. The van der Waals surface area contributed by atoms with Crippen molar-refractivity contribution in [1.29, 1.82) is 0 Å². The number of benzene rings is 1. The van der Waals surface area contributed by atoms with Gasteiger partial charge in [0.05, 0.1) is 6.20 Å². The standard InChI is InChI=1S/C11H8BrClN2O/c12-10-11(15-9(13)6-14-10)16-7-8-4-2-1-3-5-8/h1-6H,7H2. The summed E-state index contributed by atoms with van der Waals surface area (Å²) in [7, 11) is 0. The monoisotopic (exact) mass is 298 g/mol. The Kier molecular flexibility index (Phi) is 3.74. The van der Waals surface area contributed by atoms with Gasteiger partial charge in [-0.05, 0) is 21.5 Å². The van der Waals surface area contributed by atoms with Crippen molar-refractivity contribution in [3.8, 4) is 5.88 Å². The van der Waals surface area contributed by atoms with Crippen LogP contribution in [0, 0.1) is 0 Å². The molecule has 0 fully saturated rings. The van der Waals surface area contributed by atoms with Gasteiger partial charge in [-0.3, -0.25) is 0 Å². The van der Waals surface area contributed by atoms with E-state index in [0.29, 0.717) is 22.2 Å². The lowest BCUT2D eigenvalue weighted by molar-refractivity contribution is 0.290. The topological polar surface area (TPSA) is 35.0 Å². The summed E-state index contributed by atoms with van der Waals surface area (Å²) in [4.78, 5) is 8.01. The lowest BCUT2D eigenvalue weighted by Crippen LogP contribution is -1.99. The van der Waals surface area contributed by atoms with Gasteiger partial charge < -0.3 is 4.74 Å². The van der Waals surface area contributed by atoms with Gasteiger partial charge >= 0.3 is 0 Å². The molecular weight excluding hydrogens is 291 g/mol. The van der Waals surface area contributed by atoms with Crippen molar-refractivity contribution >= 4 is 27.5 Å². The summed E-state index contributed by atoms with van der Waals surface area (Å²) in [5.74, 6) is 0.399. The van der Waals surface area contributed by atoms with Crippen LogP contribution in [0.4, 0.5) is 0 Å². The second kappa shape index (κ2) is 5.27. The van der Waals surface area contributed by atoms with Crippen LogP contribution in [0.3, 0.4) is 0 Å². The van der Waals surface area contributed by atoms with Crippen LogP contribution in [0.2, 0.25) is 5.15 Å². The summed E-state index contributed by atoms with van der Waals surface area (Å²) in [5, 5.41) is 0.311. The third kappa shape index (κ3) is 2.93. The maximum Gasteiger partial charge on any atom is 0.249 e. The molecule has 0 aliphatic heterocycles. The third-order valence-corrected chi connectivity index (χ3v) is 2.61. The van der Waals surface area contributed by atoms with Crippen molar-refractivity contribution in [3.63, 3.8) is 0 Å². The predicted molar refractivity (Wildman–Crippen MR) is 65.5 cm³/mol. The second-order valence-electron chi connectivity index (χ2n) is 3.06. The molecule has 2 aromatic rings. The molecule has 0 bridgehead atoms. The van der Waals surface area contributed by atoms with E-state index in [1.807, 2.05) is 30.3 Å². The molecule has 0 aliphatic carbocycles. The fourth-order valence-corrected chi connectivity index (χ4v) is 1.59. The van der Waals surface area contributed by atoms with Crippen LogP contribution in [-0.2, 0) is 6.61 Å². The van der Waals surface area contributed by atoms with Gasteiger partial charge in [0.15, 0.2) is 9.76 Å². The van der Waals surface area contributed by atoms with Crippen LogP contribution >= 0.6 is 27.5 Å². The molecule has 1 heterocycles. The molecule has 0 saturated heterocycles. The van der Waals surface area contributed by atoms with Gasteiger partial charge in [-0.1, -0.05) is 41.9 Å². The second-order valence-corrected chi connectivity index (χ2v) is 4.20. The van der Waals surface area contributed by atoms with Gasteiger partial charge in [0, 0.05) is 0 Å². The Bertz CT molecular complexity index is 479. The normalized spacial score (nSPS) is 10.1. The lowest BCUT2D eigenvalue weighted by Gasteiger charge is -2.06. The van der Waals surface area contributed by atoms with E-state index in [-0.39, 0.29) is 0 Å². The summed E-state index contributed by atoms with van der Waals surface area (Å²) >= 11 is 8.97. The van der Waals surface area contributed by atoms with E-state index in [2.05, 4.69) is 25.9 Å². The molecular formula is C11H8BrClN2O. The Balaban J connectivity index is 2.08. The number of hydrogen-bond acceptors (Lipinski definition) is 3. The minimum Gasteiger partial charge on any atom is -0.471 e. The first kappa shape index (κ1) is 11.4.